The highest BCUT2D eigenvalue weighted by molar-refractivity contribution is 7.93. The minimum atomic E-state index is -3.54. The van der Waals surface area contributed by atoms with E-state index >= 15 is 0 Å². The Kier molecular flexibility index (Phi) is 3.05. The second-order valence-corrected chi connectivity index (χ2v) is 6.00. The molecule has 7 heteroatoms. The van der Waals surface area contributed by atoms with Crippen LogP contribution in [-0.4, -0.2) is 26.8 Å². The van der Waals surface area contributed by atoms with Crippen molar-refractivity contribution in [1.82, 2.24) is 0 Å². The molecule has 17 heavy (non-hydrogen) atoms. The summed E-state index contributed by atoms with van der Waals surface area (Å²) in [6.45, 7) is 0.276. The molecule has 0 radical (unpaired) electrons. The average molecular weight is 262 g/mol. The van der Waals surface area contributed by atoms with Gasteiger partial charge in [0.25, 0.3) is 0 Å². The standard InChI is InChI=1S/C10H12F2N2O2S/c11-9-2-1-7(5-10(9)12)14-4-3-8(6-13)17(14,15)16/h1-2,5,8H,3-4,6,13H2. The minimum absolute atomic E-state index is 0.0303. The molecule has 0 bridgehead atoms. The van der Waals surface area contributed by atoms with Crippen molar-refractivity contribution in [3.63, 3.8) is 0 Å². The van der Waals surface area contributed by atoms with Crippen molar-refractivity contribution >= 4 is 15.7 Å². The molecule has 2 N–H and O–H groups in total. The van der Waals surface area contributed by atoms with Gasteiger partial charge >= 0.3 is 0 Å². The smallest absolute Gasteiger partial charge is 0.239 e. The van der Waals surface area contributed by atoms with Crippen molar-refractivity contribution in [2.45, 2.75) is 11.7 Å². The molecule has 0 aliphatic carbocycles. The summed E-state index contributed by atoms with van der Waals surface area (Å²) in [7, 11) is -3.54. The van der Waals surface area contributed by atoms with E-state index in [2.05, 4.69) is 0 Å². The molecule has 1 aliphatic heterocycles. The average Bonchev–Trinajstić information content (AvgIpc) is 2.57. The van der Waals surface area contributed by atoms with Crippen LogP contribution in [0.2, 0.25) is 0 Å². The lowest BCUT2D eigenvalue weighted by Gasteiger charge is -2.18. The minimum Gasteiger partial charge on any atom is -0.329 e. The van der Waals surface area contributed by atoms with Crippen LogP contribution in [0, 0.1) is 11.6 Å². The third-order valence-electron chi connectivity index (χ3n) is 2.84. The quantitative estimate of drug-likeness (QED) is 0.858. The Hall–Kier alpha value is -1.21. The Balaban J connectivity index is 2.39. The van der Waals surface area contributed by atoms with E-state index in [0.29, 0.717) is 6.42 Å². The number of halogens is 2. The number of anilines is 1. The number of nitrogens with zero attached hydrogens (tertiary/aromatic N) is 1. The topological polar surface area (TPSA) is 63.4 Å². The maximum atomic E-state index is 13.0. The SMILES string of the molecule is NCC1CCN(c2ccc(F)c(F)c2)S1(=O)=O. The summed E-state index contributed by atoms with van der Waals surface area (Å²) in [5.74, 6) is -2.06. The van der Waals surface area contributed by atoms with Gasteiger partial charge in [-0.05, 0) is 18.6 Å². The Labute approximate surface area is 98.1 Å². The number of nitrogens with two attached hydrogens (primary N) is 1. The highest BCUT2D eigenvalue weighted by atomic mass is 32.2. The van der Waals surface area contributed by atoms with Gasteiger partial charge in [-0.1, -0.05) is 0 Å². The van der Waals surface area contributed by atoms with Crippen LogP contribution >= 0.6 is 0 Å². The molecular weight excluding hydrogens is 250 g/mol. The molecule has 1 saturated heterocycles. The predicted octanol–water partition coefficient (Wildman–Crippen LogP) is 0.832. The Morgan fingerprint density at radius 2 is 2.06 bits per heavy atom. The Morgan fingerprint density at radius 1 is 1.35 bits per heavy atom. The molecule has 1 heterocycles. The fourth-order valence-electron chi connectivity index (χ4n) is 1.87. The number of rotatable bonds is 2. The second kappa shape index (κ2) is 4.23. The first-order valence-electron chi connectivity index (χ1n) is 5.13. The van der Waals surface area contributed by atoms with E-state index in [4.69, 9.17) is 5.73 Å². The summed E-state index contributed by atoms with van der Waals surface area (Å²) in [5, 5.41) is -0.643. The van der Waals surface area contributed by atoms with Crippen LogP contribution in [0.1, 0.15) is 6.42 Å². The molecule has 2 rings (SSSR count). The highest BCUT2D eigenvalue weighted by Crippen LogP contribution is 2.29. The third kappa shape index (κ3) is 2.00. The second-order valence-electron chi connectivity index (χ2n) is 3.86. The van der Waals surface area contributed by atoms with Gasteiger partial charge in [0.1, 0.15) is 0 Å². The predicted molar refractivity (Wildman–Crippen MR) is 60.1 cm³/mol. The molecule has 1 unspecified atom stereocenters. The van der Waals surface area contributed by atoms with Crippen LogP contribution < -0.4 is 10.0 Å². The summed E-state index contributed by atoms with van der Waals surface area (Å²) < 4.78 is 50.8. The van der Waals surface area contributed by atoms with Gasteiger partial charge in [0, 0.05) is 19.2 Å². The van der Waals surface area contributed by atoms with Crippen molar-refractivity contribution in [1.29, 1.82) is 0 Å². The summed E-state index contributed by atoms with van der Waals surface area (Å²) >= 11 is 0. The van der Waals surface area contributed by atoms with E-state index in [1.54, 1.807) is 0 Å². The van der Waals surface area contributed by atoms with Gasteiger partial charge in [0.2, 0.25) is 10.0 Å². The lowest BCUT2D eigenvalue weighted by Crippen LogP contribution is -2.33. The van der Waals surface area contributed by atoms with Crippen LogP contribution in [0.5, 0.6) is 0 Å². The highest BCUT2D eigenvalue weighted by Gasteiger charge is 2.38. The van der Waals surface area contributed by atoms with Gasteiger partial charge in [-0.3, -0.25) is 4.31 Å². The first-order chi connectivity index (χ1) is 7.96. The Bertz CT molecular complexity index is 533. The molecule has 1 atom stereocenters. The molecule has 1 aromatic rings. The number of sulfonamides is 1. The summed E-state index contributed by atoms with van der Waals surface area (Å²) in [5.41, 5.74) is 5.50. The van der Waals surface area contributed by atoms with Crippen LogP contribution in [0.25, 0.3) is 0 Å². The van der Waals surface area contributed by atoms with E-state index in [1.807, 2.05) is 0 Å². The van der Waals surface area contributed by atoms with Crippen LogP contribution in [0.4, 0.5) is 14.5 Å². The van der Waals surface area contributed by atoms with Gasteiger partial charge in [0.05, 0.1) is 10.9 Å². The van der Waals surface area contributed by atoms with Gasteiger partial charge in [-0.2, -0.15) is 0 Å². The molecule has 1 fully saturated rings. The Morgan fingerprint density at radius 3 is 2.59 bits per heavy atom. The molecule has 0 aromatic heterocycles. The fourth-order valence-corrected chi connectivity index (χ4v) is 3.65. The zero-order valence-electron chi connectivity index (χ0n) is 8.94. The lowest BCUT2D eigenvalue weighted by atomic mass is 10.2. The monoisotopic (exact) mass is 262 g/mol. The zero-order chi connectivity index (χ0) is 12.6. The molecule has 0 amide bonds. The first-order valence-corrected chi connectivity index (χ1v) is 6.64. The first kappa shape index (κ1) is 12.3. The van der Waals surface area contributed by atoms with Crippen LogP contribution in [-0.2, 0) is 10.0 Å². The van der Waals surface area contributed by atoms with Crippen molar-refractivity contribution in [2.75, 3.05) is 17.4 Å². The molecule has 0 saturated carbocycles. The molecule has 1 aromatic carbocycles. The molecule has 94 valence electrons. The number of benzene rings is 1. The third-order valence-corrected chi connectivity index (χ3v) is 5.12. The normalized spacial score (nSPS) is 23.0. The van der Waals surface area contributed by atoms with Crippen LogP contribution in [0.3, 0.4) is 0 Å². The maximum absolute atomic E-state index is 13.0. The summed E-state index contributed by atoms with van der Waals surface area (Å²) in [4.78, 5) is 0. The molecule has 4 nitrogen and oxygen atoms in total. The summed E-state index contributed by atoms with van der Waals surface area (Å²) in [6.07, 6.45) is 0.401. The van der Waals surface area contributed by atoms with Crippen LogP contribution in [0.15, 0.2) is 18.2 Å². The zero-order valence-corrected chi connectivity index (χ0v) is 9.75. The molecule has 1 aliphatic rings. The van der Waals surface area contributed by atoms with Crippen molar-refractivity contribution < 1.29 is 17.2 Å². The van der Waals surface area contributed by atoms with E-state index < -0.39 is 26.9 Å². The molecular formula is C10H12F2N2O2S. The number of hydrogen-bond donors (Lipinski definition) is 1. The van der Waals surface area contributed by atoms with E-state index in [9.17, 15) is 17.2 Å². The van der Waals surface area contributed by atoms with Crippen molar-refractivity contribution in [3.8, 4) is 0 Å². The van der Waals surface area contributed by atoms with Gasteiger partial charge in [0.15, 0.2) is 11.6 Å². The maximum Gasteiger partial charge on any atom is 0.239 e. The lowest BCUT2D eigenvalue weighted by molar-refractivity contribution is 0.508. The van der Waals surface area contributed by atoms with Gasteiger partial charge < -0.3 is 5.73 Å². The number of hydrogen-bond acceptors (Lipinski definition) is 3. The van der Waals surface area contributed by atoms with E-state index in [1.165, 1.54) is 6.07 Å². The van der Waals surface area contributed by atoms with Gasteiger partial charge in [-0.25, -0.2) is 17.2 Å². The van der Waals surface area contributed by atoms with E-state index in [-0.39, 0.29) is 18.8 Å². The van der Waals surface area contributed by atoms with E-state index in [0.717, 1.165) is 16.4 Å². The summed E-state index contributed by atoms with van der Waals surface area (Å²) in [6, 6.07) is 3.04. The fraction of sp³-hybridized carbons (Fsp3) is 0.400. The molecule has 0 spiro atoms. The largest absolute Gasteiger partial charge is 0.329 e. The van der Waals surface area contributed by atoms with Crippen molar-refractivity contribution in [2.24, 2.45) is 5.73 Å². The van der Waals surface area contributed by atoms with Crippen molar-refractivity contribution in [3.05, 3.63) is 29.8 Å². The van der Waals surface area contributed by atoms with Gasteiger partial charge in [-0.15, -0.1) is 0 Å².